The van der Waals surface area contributed by atoms with Crippen LogP contribution in [0.5, 0.6) is 0 Å². The van der Waals surface area contributed by atoms with E-state index in [1.165, 1.54) is 19.3 Å². The maximum atomic E-state index is 9.63. The lowest BCUT2D eigenvalue weighted by atomic mass is 10.1. The Morgan fingerprint density at radius 3 is 2.21 bits per heavy atom. The van der Waals surface area contributed by atoms with Crippen molar-refractivity contribution in [2.45, 2.75) is 65.5 Å². The van der Waals surface area contributed by atoms with Crippen LogP contribution in [0.4, 0.5) is 0 Å². The minimum Gasteiger partial charge on any atom is -0.392 e. The summed E-state index contributed by atoms with van der Waals surface area (Å²) in [6.07, 6.45) is 4.34. The Morgan fingerprint density at radius 2 is 1.79 bits per heavy atom. The molecule has 2 nitrogen and oxygen atoms in total. The van der Waals surface area contributed by atoms with Crippen molar-refractivity contribution < 1.29 is 5.11 Å². The van der Waals surface area contributed by atoms with E-state index in [-0.39, 0.29) is 6.10 Å². The molecule has 86 valence electrons. The van der Waals surface area contributed by atoms with Gasteiger partial charge in [0.2, 0.25) is 0 Å². The number of rotatable bonds is 8. The first-order valence-corrected chi connectivity index (χ1v) is 6.07. The zero-order valence-electron chi connectivity index (χ0n) is 10.3. The molecule has 0 aliphatic rings. The molecule has 0 aromatic rings. The van der Waals surface area contributed by atoms with Gasteiger partial charge in [0.05, 0.1) is 6.10 Å². The molecular weight excluding hydrogens is 174 g/mol. The molecule has 0 aromatic carbocycles. The average Bonchev–Trinajstić information content (AvgIpc) is 2.22. The second-order valence-electron chi connectivity index (χ2n) is 4.17. The van der Waals surface area contributed by atoms with Crippen LogP contribution in [0.15, 0.2) is 0 Å². The van der Waals surface area contributed by atoms with E-state index in [0.717, 1.165) is 19.5 Å². The van der Waals surface area contributed by atoms with Gasteiger partial charge in [0.15, 0.2) is 0 Å². The highest BCUT2D eigenvalue weighted by Crippen LogP contribution is 2.07. The number of nitrogens with zero attached hydrogens (tertiary/aromatic N) is 1. The van der Waals surface area contributed by atoms with Gasteiger partial charge in [-0.3, -0.25) is 4.90 Å². The zero-order valence-corrected chi connectivity index (χ0v) is 10.3. The highest BCUT2D eigenvalue weighted by molar-refractivity contribution is 4.69. The molecule has 0 spiro atoms. The Kier molecular flexibility index (Phi) is 8.20. The molecule has 0 fully saturated rings. The fourth-order valence-corrected chi connectivity index (χ4v) is 1.51. The largest absolute Gasteiger partial charge is 0.392 e. The molecule has 14 heavy (non-hydrogen) atoms. The minimum atomic E-state index is -0.152. The van der Waals surface area contributed by atoms with Gasteiger partial charge in [-0.2, -0.15) is 0 Å². The third-order valence-corrected chi connectivity index (χ3v) is 2.93. The normalized spacial score (nSPS) is 15.9. The molecule has 0 saturated carbocycles. The summed E-state index contributed by atoms with van der Waals surface area (Å²) < 4.78 is 0. The molecule has 0 radical (unpaired) electrons. The van der Waals surface area contributed by atoms with Gasteiger partial charge in [0, 0.05) is 12.6 Å². The lowest BCUT2D eigenvalue weighted by Crippen LogP contribution is -2.39. The van der Waals surface area contributed by atoms with Crippen LogP contribution in [0.1, 0.15) is 53.4 Å². The van der Waals surface area contributed by atoms with Crippen molar-refractivity contribution in [2.24, 2.45) is 0 Å². The molecule has 2 heteroatoms. The Hall–Kier alpha value is -0.0800. The SMILES string of the molecule is CCCCN(CC(O)CC)C(C)CC. The van der Waals surface area contributed by atoms with E-state index in [0.29, 0.717) is 6.04 Å². The van der Waals surface area contributed by atoms with E-state index >= 15 is 0 Å². The maximum Gasteiger partial charge on any atom is 0.0664 e. The van der Waals surface area contributed by atoms with E-state index in [4.69, 9.17) is 0 Å². The van der Waals surface area contributed by atoms with Crippen LogP contribution in [0.2, 0.25) is 0 Å². The second-order valence-corrected chi connectivity index (χ2v) is 4.17. The molecule has 0 bridgehead atoms. The maximum absolute atomic E-state index is 9.63. The molecule has 0 aromatic heterocycles. The Labute approximate surface area is 89.3 Å². The van der Waals surface area contributed by atoms with Crippen LogP contribution in [0.3, 0.4) is 0 Å². The average molecular weight is 201 g/mol. The van der Waals surface area contributed by atoms with E-state index < -0.39 is 0 Å². The molecular formula is C12H27NO. The number of hydrogen-bond acceptors (Lipinski definition) is 2. The summed E-state index contributed by atoms with van der Waals surface area (Å²) in [6, 6.07) is 0.600. The first kappa shape index (κ1) is 13.9. The fraction of sp³-hybridized carbons (Fsp3) is 1.00. The quantitative estimate of drug-likeness (QED) is 0.652. The molecule has 0 saturated heterocycles. The van der Waals surface area contributed by atoms with Crippen LogP contribution in [-0.4, -0.2) is 35.2 Å². The van der Waals surface area contributed by atoms with E-state index in [1.807, 2.05) is 6.92 Å². The second kappa shape index (κ2) is 8.25. The third-order valence-electron chi connectivity index (χ3n) is 2.93. The summed E-state index contributed by atoms with van der Waals surface area (Å²) in [5, 5.41) is 9.63. The van der Waals surface area contributed by atoms with Gasteiger partial charge in [-0.05, 0) is 32.7 Å². The predicted octanol–water partition coefficient (Wildman–Crippen LogP) is 2.66. The van der Waals surface area contributed by atoms with Gasteiger partial charge in [-0.25, -0.2) is 0 Å². The summed E-state index contributed by atoms with van der Waals surface area (Å²) in [5.41, 5.74) is 0. The zero-order chi connectivity index (χ0) is 11.0. The van der Waals surface area contributed by atoms with E-state index in [1.54, 1.807) is 0 Å². The van der Waals surface area contributed by atoms with Crippen molar-refractivity contribution in [1.29, 1.82) is 0 Å². The number of hydrogen-bond donors (Lipinski definition) is 1. The van der Waals surface area contributed by atoms with Crippen molar-refractivity contribution in [3.63, 3.8) is 0 Å². The lowest BCUT2D eigenvalue weighted by molar-refractivity contribution is 0.0862. The van der Waals surface area contributed by atoms with Crippen molar-refractivity contribution in [3.8, 4) is 0 Å². The molecule has 2 atom stereocenters. The van der Waals surface area contributed by atoms with E-state index in [2.05, 4.69) is 25.7 Å². The van der Waals surface area contributed by atoms with Gasteiger partial charge in [-0.1, -0.05) is 27.2 Å². The standard InChI is InChI=1S/C12H27NO/c1-5-8-9-13(11(4)6-2)10-12(14)7-3/h11-12,14H,5-10H2,1-4H3. The van der Waals surface area contributed by atoms with E-state index in [9.17, 15) is 5.11 Å². The number of aliphatic hydroxyl groups excluding tert-OH is 1. The van der Waals surface area contributed by atoms with Crippen molar-refractivity contribution >= 4 is 0 Å². The highest BCUT2D eigenvalue weighted by Gasteiger charge is 2.14. The fourth-order valence-electron chi connectivity index (χ4n) is 1.51. The third kappa shape index (κ3) is 5.61. The summed E-state index contributed by atoms with van der Waals surface area (Å²) in [5.74, 6) is 0. The monoisotopic (exact) mass is 201 g/mol. The van der Waals surface area contributed by atoms with Gasteiger partial charge in [-0.15, -0.1) is 0 Å². The molecule has 0 aliphatic carbocycles. The molecule has 2 unspecified atom stereocenters. The summed E-state index contributed by atoms with van der Waals surface area (Å²) in [4.78, 5) is 2.41. The van der Waals surface area contributed by atoms with Gasteiger partial charge in [0.1, 0.15) is 0 Å². The topological polar surface area (TPSA) is 23.5 Å². The van der Waals surface area contributed by atoms with Crippen LogP contribution in [-0.2, 0) is 0 Å². The predicted molar refractivity (Wildman–Crippen MR) is 62.5 cm³/mol. The summed E-state index contributed by atoms with van der Waals surface area (Å²) >= 11 is 0. The first-order valence-electron chi connectivity index (χ1n) is 6.07. The first-order chi connectivity index (χ1) is 6.65. The van der Waals surface area contributed by atoms with Crippen LogP contribution >= 0.6 is 0 Å². The van der Waals surface area contributed by atoms with Crippen molar-refractivity contribution in [1.82, 2.24) is 4.90 Å². The number of unbranched alkanes of at least 4 members (excludes halogenated alkanes) is 1. The van der Waals surface area contributed by atoms with Crippen LogP contribution < -0.4 is 0 Å². The molecule has 0 aliphatic heterocycles. The van der Waals surface area contributed by atoms with Gasteiger partial charge < -0.3 is 5.11 Å². The van der Waals surface area contributed by atoms with Crippen molar-refractivity contribution in [2.75, 3.05) is 13.1 Å². The van der Waals surface area contributed by atoms with Crippen LogP contribution in [0.25, 0.3) is 0 Å². The molecule has 1 N–H and O–H groups in total. The molecule has 0 heterocycles. The molecule has 0 rings (SSSR count). The van der Waals surface area contributed by atoms with Crippen molar-refractivity contribution in [3.05, 3.63) is 0 Å². The lowest BCUT2D eigenvalue weighted by Gasteiger charge is -2.30. The van der Waals surface area contributed by atoms with Crippen LogP contribution in [0, 0.1) is 0 Å². The smallest absolute Gasteiger partial charge is 0.0664 e. The Morgan fingerprint density at radius 1 is 1.14 bits per heavy atom. The molecule has 0 amide bonds. The number of aliphatic hydroxyl groups is 1. The Balaban J connectivity index is 3.96. The minimum absolute atomic E-state index is 0.152. The Bertz CT molecular complexity index is 127. The van der Waals surface area contributed by atoms with Gasteiger partial charge >= 0.3 is 0 Å². The summed E-state index contributed by atoms with van der Waals surface area (Å²) in [7, 11) is 0. The highest BCUT2D eigenvalue weighted by atomic mass is 16.3. The van der Waals surface area contributed by atoms with Gasteiger partial charge in [0.25, 0.3) is 0 Å². The summed E-state index contributed by atoms with van der Waals surface area (Å²) in [6.45, 7) is 10.7.